The lowest BCUT2D eigenvalue weighted by Gasteiger charge is -2.06. The van der Waals surface area contributed by atoms with Crippen molar-refractivity contribution in [2.75, 3.05) is 10.1 Å². The highest BCUT2D eigenvalue weighted by Crippen LogP contribution is 2.23. The third-order valence-corrected chi connectivity index (χ3v) is 3.68. The lowest BCUT2D eigenvalue weighted by Crippen LogP contribution is -2.15. The van der Waals surface area contributed by atoms with E-state index in [2.05, 4.69) is 20.1 Å². The largest absolute Gasteiger partial charge is 0.431 e. The minimum atomic E-state index is -3.87. The van der Waals surface area contributed by atoms with E-state index in [1.165, 1.54) is 12.3 Å². The van der Waals surface area contributed by atoms with Gasteiger partial charge in [-0.05, 0) is 13.0 Å². The van der Waals surface area contributed by atoms with Crippen LogP contribution in [0.25, 0.3) is 0 Å². The van der Waals surface area contributed by atoms with Crippen LogP contribution in [0.4, 0.5) is 11.8 Å². The Morgan fingerprint density at radius 1 is 1.47 bits per heavy atom. The number of hydrogen-bond acceptors (Lipinski definition) is 7. The van der Waals surface area contributed by atoms with E-state index in [0.29, 0.717) is 5.69 Å². The van der Waals surface area contributed by atoms with E-state index >= 15 is 0 Å². The Morgan fingerprint density at radius 2 is 2.21 bits per heavy atom. The second-order valence-corrected chi connectivity index (χ2v) is 5.63. The van der Waals surface area contributed by atoms with Gasteiger partial charge in [0.2, 0.25) is 0 Å². The fraction of sp³-hybridized carbons (Fsp3) is 0.111. The van der Waals surface area contributed by atoms with Crippen molar-refractivity contribution in [3.8, 4) is 0 Å². The Morgan fingerprint density at radius 3 is 2.74 bits per heavy atom. The Balaban J connectivity index is 2.31. The molecule has 0 aliphatic carbocycles. The molecular weight excluding hydrogens is 294 g/mol. The highest BCUT2D eigenvalue weighted by atomic mass is 35.5. The van der Waals surface area contributed by atoms with Crippen molar-refractivity contribution < 1.29 is 12.8 Å². The van der Waals surface area contributed by atoms with Gasteiger partial charge in [-0.1, -0.05) is 11.6 Å². The summed E-state index contributed by atoms with van der Waals surface area (Å²) in [6, 6.07) is 1.08. The number of halogens is 1. The summed E-state index contributed by atoms with van der Waals surface area (Å²) in [5, 5.41) is 0.0777. The molecule has 0 aliphatic heterocycles. The second kappa shape index (κ2) is 5.03. The van der Waals surface area contributed by atoms with Gasteiger partial charge < -0.3 is 9.84 Å². The summed E-state index contributed by atoms with van der Waals surface area (Å²) in [6.07, 6.45) is 2.43. The summed E-state index contributed by atoms with van der Waals surface area (Å²) in [7, 11) is -3.87. The fourth-order valence-electron chi connectivity index (χ4n) is 1.25. The molecule has 10 heteroatoms. The first-order valence-electron chi connectivity index (χ1n) is 4.99. The van der Waals surface area contributed by atoms with Crippen molar-refractivity contribution in [2.24, 2.45) is 5.84 Å². The highest BCUT2D eigenvalue weighted by molar-refractivity contribution is 7.92. The minimum absolute atomic E-state index is 0.0777. The average molecular weight is 304 g/mol. The maximum absolute atomic E-state index is 12.0. The van der Waals surface area contributed by atoms with Gasteiger partial charge in [-0.25, -0.2) is 24.0 Å². The van der Waals surface area contributed by atoms with Crippen LogP contribution in [-0.4, -0.2) is 18.4 Å². The Kier molecular flexibility index (Phi) is 3.60. The number of oxazole rings is 1. The lowest BCUT2D eigenvalue weighted by molar-refractivity contribution is 0.569. The topological polar surface area (TPSA) is 123 Å². The van der Waals surface area contributed by atoms with Gasteiger partial charge in [-0.2, -0.15) is 4.98 Å². The van der Waals surface area contributed by atoms with Crippen LogP contribution in [0.1, 0.15) is 5.69 Å². The zero-order valence-electron chi connectivity index (χ0n) is 9.71. The summed E-state index contributed by atoms with van der Waals surface area (Å²) in [4.78, 5) is 7.47. The molecule has 0 aromatic carbocycles. The van der Waals surface area contributed by atoms with Gasteiger partial charge in [-0.3, -0.25) is 0 Å². The van der Waals surface area contributed by atoms with Crippen LogP contribution in [0.15, 0.2) is 27.8 Å². The quantitative estimate of drug-likeness (QED) is 0.571. The predicted octanol–water partition coefficient (Wildman–Crippen LogP) is 1.12. The molecule has 0 fully saturated rings. The normalized spacial score (nSPS) is 11.3. The Hall–Kier alpha value is -1.84. The molecule has 8 nitrogen and oxygen atoms in total. The molecule has 2 rings (SSSR count). The lowest BCUT2D eigenvalue weighted by atomic mass is 10.5. The molecule has 2 heterocycles. The third-order valence-electron chi connectivity index (χ3n) is 2.10. The molecule has 0 spiro atoms. The number of anilines is 2. The van der Waals surface area contributed by atoms with Crippen molar-refractivity contribution in [1.29, 1.82) is 0 Å². The summed E-state index contributed by atoms with van der Waals surface area (Å²) < 4.78 is 31.1. The van der Waals surface area contributed by atoms with E-state index in [-0.39, 0.29) is 21.8 Å². The Labute approximate surface area is 114 Å². The molecule has 0 saturated carbocycles. The summed E-state index contributed by atoms with van der Waals surface area (Å²) in [5.41, 5.74) is 2.79. The van der Waals surface area contributed by atoms with E-state index < -0.39 is 10.0 Å². The number of sulfonamides is 1. The van der Waals surface area contributed by atoms with Crippen LogP contribution >= 0.6 is 11.6 Å². The molecule has 102 valence electrons. The summed E-state index contributed by atoms with van der Waals surface area (Å²) in [6.45, 7) is 1.67. The van der Waals surface area contributed by atoms with Gasteiger partial charge in [0.05, 0.1) is 10.7 Å². The number of hydrogen-bond donors (Lipinski definition) is 3. The fourth-order valence-corrected chi connectivity index (χ4v) is 2.44. The van der Waals surface area contributed by atoms with Gasteiger partial charge in [0, 0.05) is 6.20 Å². The molecular formula is C9H10ClN5O3S. The monoisotopic (exact) mass is 303 g/mol. The van der Waals surface area contributed by atoms with Gasteiger partial charge >= 0.3 is 6.01 Å². The molecule has 2 aromatic heterocycles. The number of aryl methyl sites for hydroxylation is 1. The SMILES string of the molecule is Cc1coc(NS(=O)(=O)c2cnc(NN)c(Cl)c2)n1. The van der Waals surface area contributed by atoms with Crippen molar-refractivity contribution in [3.05, 3.63) is 29.2 Å². The van der Waals surface area contributed by atoms with Crippen molar-refractivity contribution in [1.82, 2.24) is 9.97 Å². The van der Waals surface area contributed by atoms with Crippen LogP contribution in [-0.2, 0) is 10.0 Å². The van der Waals surface area contributed by atoms with Crippen LogP contribution in [0.5, 0.6) is 0 Å². The zero-order valence-corrected chi connectivity index (χ0v) is 11.3. The smallest absolute Gasteiger partial charge is 0.309 e. The van der Waals surface area contributed by atoms with Crippen LogP contribution in [0.3, 0.4) is 0 Å². The van der Waals surface area contributed by atoms with E-state index in [9.17, 15) is 8.42 Å². The van der Waals surface area contributed by atoms with Gasteiger partial charge in [0.25, 0.3) is 10.0 Å². The molecule has 0 radical (unpaired) electrons. The van der Waals surface area contributed by atoms with E-state index in [4.69, 9.17) is 21.9 Å². The average Bonchev–Trinajstić information content (AvgIpc) is 2.73. The number of nitrogens with one attached hydrogen (secondary N) is 2. The van der Waals surface area contributed by atoms with Gasteiger partial charge in [0.15, 0.2) is 5.82 Å². The van der Waals surface area contributed by atoms with Gasteiger partial charge in [0.1, 0.15) is 11.2 Å². The molecule has 0 unspecified atom stereocenters. The zero-order chi connectivity index (χ0) is 14.0. The third kappa shape index (κ3) is 2.95. The maximum Gasteiger partial charge on any atom is 0.309 e. The number of nitrogen functional groups attached to an aromatic ring is 1. The van der Waals surface area contributed by atoms with E-state index in [0.717, 1.165) is 6.20 Å². The summed E-state index contributed by atoms with van der Waals surface area (Å²) in [5.74, 6) is 5.32. The number of nitrogens with two attached hydrogens (primary N) is 1. The van der Waals surface area contributed by atoms with Gasteiger partial charge in [-0.15, -0.1) is 0 Å². The number of hydrazine groups is 1. The molecule has 0 bridgehead atoms. The number of nitrogens with zero attached hydrogens (tertiary/aromatic N) is 2. The number of pyridine rings is 1. The molecule has 4 N–H and O–H groups in total. The molecule has 0 saturated heterocycles. The Bertz CT molecular complexity index is 700. The van der Waals surface area contributed by atoms with Crippen LogP contribution in [0.2, 0.25) is 5.02 Å². The highest BCUT2D eigenvalue weighted by Gasteiger charge is 2.18. The molecule has 0 atom stereocenters. The molecule has 19 heavy (non-hydrogen) atoms. The van der Waals surface area contributed by atoms with E-state index in [1.54, 1.807) is 6.92 Å². The molecule has 0 aliphatic rings. The van der Waals surface area contributed by atoms with Crippen molar-refractivity contribution >= 4 is 33.5 Å². The van der Waals surface area contributed by atoms with Crippen molar-refractivity contribution in [2.45, 2.75) is 11.8 Å². The first-order chi connectivity index (χ1) is 8.92. The van der Waals surface area contributed by atoms with Crippen LogP contribution in [0, 0.1) is 6.92 Å². The number of rotatable bonds is 4. The van der Waals surface area contributed by atoms with E-state index in [1.807, 2.05) is 0 Å². The first kappa shape index (κ1) is 13.6. The maximum atomic E-state index is 12.0. The minimum Gasteiger partial charge on any atom is -0.431 e. The second-order valence-electron chi connectivity index (χ2n) is 3.55. The first-order valence-corrected chi connectivity index (χ1v) is 6.85. The summed E-state index contributed by atoms with van der Waals surface area (Å²) >= 11 is 5.81. The molecule has 0 amide bonds. The number of aromatic nitrogens is 2. The van der Waals surface area contributed by atoms with Crippen LogP contribution < -0.4 is 16.0 Å². The molecule has 2 aromatic rings. The standard InChI is InChI=1S/C9H10ClN5O3S/c1-5-4-18-9(13-5)15-19(16,17)6-2-7(10)8(14-11)12-3-6/h2-4H,11H2,1H3,(H,12,14)(H,13,15). The predicted molar refractivity (Wildman–Crippen MR) is 69.1 cm³/mol. The van der Waals surface area contributed by atoms with Crippen molar-refractivity contribution in [3.63, 3.8) is 0 Å².